The van der Waals surface area contributed by atoms with Gasteiger partial charge in [0.15, 0.2) is 10.8 Å². The van der Waals surface area contributed by atoms with Crippen LogP contribution in [0.25, 0.3) is 11.0 Å². The molecule has 0 aliphatic carbocycles. The van der Waals surface area contributed by atoms with Gasteiger partial charge >= 0.3 is 12.1 Å². The molecular weight excluding hydrogens is 373 g/mol. The topological polar surface area (TPSA) is 97.0 Å². The van der Waals surface area contributed by atoms with Gasteiger partial charge in [0.25, 0.3) is 5.91 Å². The number of aromatic nitrogens is 3. The molecule has 2 N–H and O–H groups in total. The van der Waals surface area contributed by atoms with E-state index in [1.165, 1.54) is 25.3 Å². The van der Waals surface area contributed by atoms with Crippen LogP contribution in [-0.4, -0.2) is 33.9 Å². The summed E-state index contributed by atoms with van der Waals surface area (Å²) in [4.78, 5) is 34.0. The van der Waals surface area contributed by atoms with Crippen LogP contribution in [0.4, 0.5) is 18.3 Å². The standard InChI is InChI=1S/C15H11F3N4O3S/c1-6-10(12(24)25-2)21-14(26-6)22-11(23)7-3-4-8-9(5-7)20-13(19-8)15(16,17)18/h3-5H,1-2H3,(H,19,20)(H,21,22,23). The van der Waals surface area contributed by atoms with E-state index in [-0.39, 0.29) is 27.4 Å². The Morgan fingerprint density at radius 1 is 1.27 bits per heavy atom. The number of aromatic amines is 1. The molecule has 0 radical (unpaired) electrons. The van der Waals surface area contributed by atoms with Crippen LogP contribution < -0.4 is 5.32 Å². The molecule has 0 atom stereocenters. The number of hydrogen-bond donors (Lipinski definition) is 2. The van der Waals surface area contributed by atoms with Crippen LogP contribution in [0.2, 0.25) is 0 Å². The molecule has 7 nitrogen and oxygen atoms in total. The molecule has 0 unspecified atom stereocenters. The van der Waals surface area contributed by atoms with Gasteiger partial charge in [0.2, 0.25) is 5.82 Å². The molecule has 0 saturated carbocycles. The monoisotopic (exact) mass is 384 g/mol. The number of carbonyl (C=O) groups is 2. The summed E-state index contributed by atoms with van der Waals surface area (Å²) in [6.45, 7) is 1.65. The molecular formula is C15H11F3N4O3S. The van der Waals surface area contributed by atoms with Gasteiger partial charge in [-0.15, -0.1) is 11.3 Å². The third-order valence-electron chi connectivity index (χ3n) is 3.41. The highest BCUT2D eigenvalue weighted by atomic mass is 32.1. The number of fused-ring (bicyclic) bond motifs is 1. The number of thiazole rings is 1. The summed E-state index contributed by atoms with van der Waals surface area (Å²) in [6.07, 6.45) is -4.61. The molecule has 1 aromatic carbocycles. The largest absolute Gasteiger partial charge is 0.464 e. The highest BCUT2D eigenvalue weighted by Gasteiger charge is 2.34. The number of amides is 1. The number of methoxy groups -OCH3 is 1. The molecule has 1 amide bonds. The number of nitrogens with zero attached hydrogens (tertiary/aromatic N) is 2. The van der Waals surface area contributed by atoms with Gasteiger partial charge in [-0.2, -0.15) is 13.2 Å². The summed E-state index contributed by atoms with van der Waals surface area (Å²) in [5, 5.41) is 2.68. The number of aryl methyl sites for hydroxylation is 1. The quantitative estimate of drug-likeness (QED) is 0.675. The molecule has 26 heavy (non-hydrogen) atoms. The normalized spacial score (nSPS) is 11.6. The maximum atomic E-state index is 12.7. The van der Waals surface area contributed by atoms with Crippen LogP contribution in [0, 0.1) is 6.92 Å². The van der Waals surface area contributed by atoms with Crippen molar-refractivity contribution in [2.75, 3.05) is 12.4 Å². The lowest BCUT2D eigenvalue weighted by atomic mass is 10.2. The summed E-state index contributed by atoms with van der Waals surface area (Å²) >= 11 is 1.08. The number of alkyl halides is 3. The zero-order chi connectivity index (χ0) is 19.1. The molecule has 11 heteroatoms. The molecule has 3 rings (SSSR count). The van der Waals surface area contributed by atoms with Gasteiger partial charge in [0.1, 0.15) is 0 Å². The predicted octanol–water partition coefficient (Wildman–Crippen LogP) is 3.39. The summed E-state index contributed by atoms with van der Waals surface area (Å²) in [6, 6.07) is 3.91. The van der Waals surface area contributed by atoms with Crippen molar-refractivity contribution in [3.8, 4) is 0 Å². The molecule has 0 aliphatic rings. The Morgan fingerprint density at radius 2 is 2.00 bits per heavy atom. The van der Waals surface area contributed by atoms with E-state index in [9.17, 15) is 22.8 Å². The predicted molar refractivity (Wildman–Crippen MR) is 87.2 cm³/mol. The van der Waals surface area contributed by atoms with E-state index in [1.807, 2.05) is 0 Å². The lowest BCUT2D eigenvalue weighted by Gasteiger charge is -2.01. The average molecular weight is 384 g/mol. The van der Waals surface area contributed by atoms with Gasteiger partial charge in [0.05, 0.1) is 18.1 Å². The minimum atomic E-state index is -4.61. The van der Waals surface area contributed by atoms with Crippen LogP contribution in [0.3, 0.4) is 0 Å². The number of halogens is 3. The van der Waals surface area contributed by atoms with E-state index < -0.39 is 23.9 Å². The molecule has 3 aromatic rings. The second-order valence-electron chi connectivity index (χ2n) is 5.18. The molecule has 2 aromatic heterocycles. The summed E-state index contributed by atoms with van der Waals surface area (Å²) in [5.41, 5.74) is 0.372. The second kappa shape index (κ2) is 6.41. The second-order valence-corrected chi connectivity index (χ2v) is 6.39. The van der Waals surface area contributed by atoms with Crippen molar-refractivity contribution in [2.24, 2.45) is 0 Å². The Labute approximate surface area is 148 Å². The summed E-state index contributed by atoms with van der Waals surface area (Å²) < 4.78 is 42.7. The molecule has 2 heterocycles. The van der Waals surface area contributed by atoms with E-state index in [0.717, 1.165) is 11.3 Å². The van der Waals surface area contributed by atoms with Crippen LogP contribution in [0.1, 0.15) is 31.5 Å². The molecule has 0 aliphatic heterocycles. The van der Waals surface area contributed by atoms with Crippen LogP contribution in [0.15, 0.2) is 18.2 Å². The molecule has 0 spiro atoms. The average Bonchev–Trinajstić information content (AvgIpc) is 3.16. The van der Waals surface area contributed by atoms with Crippen molar-refractivity contribution in [3.63, 3.8) is 0 Å². The van der Waals surface area contributed by atoms with Crippen molar-refractivity contribution >= 4 is 39.4 Å². The van der Waals surface area contributed by atoms with Gasteiger partial charge in [-0.3, -0.25) is 10.1 Å². The first-order chi connectivity index (χ1) is 12.2. The fraction of sp³-hybridized carbons (Fsp3) is 0.200. The van der Waals surface area contributed by atoms with Crippen molar-refractivity contribution < 1.29 is 27.5 Å². The number of ether oxygens (including phenoxy) is 1. The van der Waals surface area contributed by atoms with Crippen molar-refractivity contribution in [1.82, 2.24) is 15.0 Å². The number of imidazole rings is 1. The van der Waals surface area contributed by atoms with E-state index in [4.69, 9.17) is 0 Å². The Hall–Kier alpha value is -2.95. The van der Waals surface area contributed by atoms with Gasteiger partial charge in [-0.25, -0.2) is 14.8 Å². The van der Waals surface area contributed by atoms with E-state index >= 15 is 0 Å². The van der Waals surface area contributed by atoms with Gasteiger partial charge in [0, 0.05) is 10.4 Å². The van der Waals surface area contributed by atoms with Crippen LogP contribution in [0.5, 0.6) is 0 Å². The number of nitrogens with one attached hydrogen (secondary N) is 2. The van der Waals surface area contributed by atoms with Crippen molar-refractivity contribution in [2.45, 2.75) is 13.1 Å². The number of esters is 1. The highest BCUT2D eigenvalue weighted by Crippen LogP contribution is 2.29. The number of anilines is 1. The highest BCUT2D eigenvalue weighted by molar-refractivity contribution is 7.16. The smallest absolute Gasteiger partial charge is 0.449 e. The Bertz CT molecular complexity index is 1010. The summed E-state index contributed by atoms with van der Waals surface area (Å²) in [5.74, 6) is -2.35. The number of rotatable bonds is 3. The Kier molecular flexibility index (Phi) is 4.40. The van der Waals surface area contributed by atoms with Gasteiger partial charge in [-0.05, 0) is 25.1 Å². The summed E-state index contributed by atoms with van der Waals surface area (Å²) in [7, 11) is 1.22. The molecule has 0 saturated heterocycles. The van der Waals surface area contributed by atoms with Crippen molar-refractivity contribution in [3.05, 3.63) is 40.2 Å². The third-order valence-corrected chi connectivity index (χ3v) is 4.29. The number of H-pyrrole nitrogens is 1. The van der Waals surface area contributed by atoms with Crippen molar-refractivity contribution in [1.29, 1.82) is 0 Å². The van der Waals surface area contributed by atoms with Crippen LogP contribution in [-0.2, 0) is 10.9 Å². The van der Waals surface area contributed by atoms with Gasteiger partial charge in [-0.1, -0.05) is 0 Å². The molecule has 0 bridgehead atoms. The van der Waals surface area contributed by atoms with Gasteiger partial charge < -0.3 is 9.72 Å². The van der Waals surface area contributed by atoms with Crippen LogP contribution >= 0.6 is 11.3 Å². The zero-order valence-corrected chi connectivity index (χ0v) is 14.2. The molecule has 136 valence electrons. The maximum absolute atomic E-state index is 12.7. The number of hydrogen-bond acceptors (Lipinski definition) is 6. The first-order valence-corrected chi connectivity index (χ1v) is 7.94. The fourth-order valence-electron chi connectivity index (χ4n) is 2.19. The minimum absolute atomic E-state index is 0.0792. The fourth-order valence-corrected chi connectivity index (χ4v) is 2.99. The Morgan fingerprint density at radius 3 is 2.65 bits per heavy atom. The first-order valence-electron chi connectivity index (χ1n) is 7.13. The molecule has 0 fully saturated rings. The maximum Gasteiger partial charge on any atom is 0.449 e. The first kappa shape index (κ1) is 17.9. The zero-order valence-electron chi connectivity index (χ0n) is 13.4. The van der Waals surface area contributed by atoms with E-state index in [2.05, 4.69) is 25.0 Å². The van der Waals surface area contributed by atoms with E-state index in [1.54, 1.807) is 6.92 Å². The lowest BCUT2D eigenvalue weighted by Crippen LogP contribution is -2.12. The lowest BCUT2D eigenvalue weighted by molar-refractivity contribution is -0.144. The SMILES string of the molecule is COC(=O)c1nc(NC(=O)c2ccc3nc(C(F)(F)F)[nH]c3c2)sc1C. The number of benzene rings is 1. The van der Waals surface area contributed by atoms with E-state index in [0.29, 0.717) is 4.88 Å². The number of carbonyl (C=O) groups excluding carboxylic acids is 2. The Balaban J connectivity index is 1.85. The minimum Gasteiger partial charge on any atom is -0.464 e. The third kappa shape index (κ3) is 3.38.